The monoisotopic (exact) mass is 1110 g/mol. The van der Waals surface area contributed by atoms with E-state index in [9.17, 15) is 53.1 Å². The molecule has 1 aromatic carbocycles. The number of carboxylic acids is 1. The van der Waals surface area contributed by atoms with E-state index < -0.39 is 120 Å². The summed E-state index contributed by atoms with van der Waals surface area (Å²) in [5.74, 6) is -9.49. The highest BCUT2D eigenvalue weighted by Gasteiger charge is 2.35. The van der Waals surface area contributed by atoms with Crippen molar-refractivity contribution in [2.75, 3.05) is 26.2 Å². The molecule has 79 heavy (non-hydrogen) atoms. The van der Waals surface area contributed by atoms with Gasteiger partial charge in [0.05, 0.1) is 12.6 Å². The van der Waals surface area contributed by atoms with Crippen LogP contribution in [0.5, 0.6) is 0 Å². The Hall–Kier alpha value is -7.39. The lowest BCUT2D eigenvalue weighted by Gasteiger charge is -2.29. The highest BCUT2D eigenvalue weighted by atomic mass is 16.4. The first-order chi connectivity index (χ1) is 37.3. The number of aliphatic imine (C=N–C) groups is 1. The summed E-state index contributed by atoms with van der Waals surface area (Å²) in [6, 6.07) is -2.77. The van der Waals surface area contributed by atoms with Gasteiger partial charge in [-0.3, -0.25) is 48.1 Å². The van der Waals surface area contributed by atoms with Crippen molar-refractivity contribution in [2.45, 2.75) is 167 Å². The third-order valence-electron chi connectivity index (χ3n) is 12.8. The molecule has 0 aliphatic rings. The number of aromatic nitrogens is 1. The largest absolute Gasteiger partial charge is 0.480 e. The van der Waals surface area contributed by atoms with Crippen LogP contribution in [0.25, 0.3) is 10.9 Å². The fraction of sp³-hybridized carbons (Fsp3) is 0.635. The Kier molecular flexibility index (Phi) is 30.2. The Bertz CT molecular complexity index is 2370. The van der Waals surface area contributed by atoms with E-state index in [-0.39, 0.29) is 82.3 Å². The summed E-state index contributed by atoms with van der Waals surface area (Å²) < 4.78 is 0. The van der Waals surface area contributed by atoms with Gasteiger partial charge in [0, 0.05) is 36.5 Å². The van der Waals surface area contributed by atoms with Gasteiger partial charge in [-0.2, -0.15) is 0 Å². The van der Waals surface area contributed by atoms with Crippen LogP contribution in [0, 0.1) is 17.8 Å². The van der Waals surface area contributed by atoms with Crippen LogP contribution in [0.3, 0.4) is 0 Å². The zero-order valence-electron chi connectivity index (χ0n) is 46.5. The van der Waals surface area contributed by atoms with E-state index >= 15 is 0 Å². The second-order valence-corrected chi connectivity index (χ2v) is 20.7. The number of rotatable bonds is 38. The van der Waals surface area contributed by atoms with Crippen LogP contribution < -0.4 is 76.9 Å². The van der Waals surface area contributed by atoms with Crippen molar-refractivity contribution in [3.05, 3.63) is 36.0 Å². The van der Waals surface area contributed by atoms with E-state index in [1.807, 2.05) is 32.0 Å². The molecule has 27 nitrogen and oxygen atoms in total. The number of nitrogens with zero attached hydrogens (tertiary/aromatic N) is 1. The maximum Gasteiger partial charge on any atom is 0.326 e. The molecule has 2 rings (SSSR count). The molecule has 2 aromatic rings. The van der Waals surface area contributed by atoms with Crippen LogP contribution in [0.2, 0.25) is 0 Å². The normalized spacial score (nSPS) is 14.3. The first kappa shape index (κ1) is 67.7. The van der Waals surface area contributed by atoms with Gasteiger partial charge < -0.3 is 87.0 Å². The Labute approximate surface area is 461 Å². The molecular weight excluding hydrogens is 1020 g/mol. The molecule has 442 valence electrons. The summed E-state index contributed by atoms with van der Waals surface area (Å²) in [6.45, 7) is 10.3. The third-order valence-corrected chi connectivity index (χ3v) is 12.8. The van der Waals surface area contributed by atoms with Crippen LogP contribution in [-0.4, -0.2) is 150 Å². The number of aromatic amines is 1. The van der Waals surface area contributed by atoms with Crippen LogP contribution >= 0.6 is 0 Å². The molecule has 0 aliphatic carbocycles. The predicted molar refractivity (Wildman–Crippen MR) is 297 cm³/mol. The number of para-hydroxylation sites is 1. The van der Waals surface area contributed by atoms with Crippen LogP contribution in [-0.2, 0) is 54.4 Å². The van der Waals surface area contributed by atoms with Crippen molar-refractivity contribution in [3.8, 4) is 0 Å². The molecular formula is C52H88N16O11. The first-order valence-electron chi connectivity index (χ1n) is 27.0. The van der Waals surface area contributed by atoms with Gasteiger partial charge in [-0.1, -0.05) is 59.7 Å². The summed E-state index contributed by atoms with van der Waals surface area (Å²) in [7, 11) is 0. The number of nitrogens with two attached hydrogens (primary N) is 6. The second-order valence-electron chi connectivity index (χ2n) is 20.7. The molecule has 0 saturated heterocycles. The molecule has 1 heterocycles. The van der Waals surface area contributed by atoms with Crippen molar-refractivity contribution in [2.24, 2.45) is 57.1 Å². The lowest BCUT2D eigenvalue weighted by atomic mass is 9.99. The molecule has 8 atom stereocenters. The lowest BCUT2D eigenvalue weighted by molar-refractivity contribution is -0.142. The average molecular weight is 1110 g/mol. The van der Waals surface area contributed by atoms with Crippen molar-refractivity contribution >= 4 is 76.0 Å². The third kappa shape index (κ3) is 24.9. The van der Waals surface area contributed by atoms with Crippen LogP contribution in [0.15, 0.2) is 35.5 Å². The minimum atomic E-state index is -1.41. The van der Waals surface area contributed by atoms with E-state index in [0.29, 0.717) is 37.8 Å². The van der Waals surface area contributed by atoms with Gasteiger partial charge >= 0.3 is 5.97 Å². The smallest absolute Gasteiger partial charge is 0.326 e. The van der Waals surface area contributed by atoms with E-state index in [0.717, 1.165) is 10.9 Å². The lowest BCUT2D eigenvalue weighted by Crippen LogP contribution is -2.60. The number of guanidine groups is 1. The number of carbonyl (C=O) groups is 10. The fourth-order valence-electron chi connectivity index (χ4n) is 8.25. The SMILES string of the molecule is CC(C)C[C@H](NC(=O)[C@@H](N)C(C)C)C(=O)N[C@@H](CCC(N)=O)C(=O)N[C@H](C(=O)N[C@@H](CCCCN)C(=O)N[C@@H](CCCN=C(N)N)C(=O)NCC(=O)N[C@@H](Cc1c[nH]c2ccccc12)C(=O)N[C@@H](CCCCN)C(=O)O)C(C)C. The minimum absolute atomic E-state index is 0.0225. The summed E-state index contributed by atoms with van der Waals surface area (Å²) in [4.78, 5) is 142. The molecule has 0 spiro atoms. The average Bonchev–Trinajstić information content (AvgIpc) is 3.81. The summed E-state index contributed by atoms with van der Waals surface area (Å²) in [5.41, 5.74) is 35.3. The first-order valence-corrected chi connectivity index (χ1v) is 27.0. The number of fused-ring (bicyclic) bond motifs is 1. The quantitative estimate of drug-likeness (QED) is 0.0189. The summed E-state index contributed by atoms with van der Waals surface area (Å²) >= 11 is 0. The fourth-order valence-corrected chi connectivity index (χ4v) is 8.25. The number of H-pyrrole nitrogens is 1. The van der Waals surface area contributed by atoms with E-state index in [1.165, 1.54) is 0 Å². The molecule has 0 unspecified atom stereocenters. The number of primary amides is 1. The standard InChI is InChI=1S/C52H88N16O11/c1-28(2)24-38(67-49(76)42(56)29(3)4)47(74)64-36(19-20-40(55)69)46(73)68-43(30(5)6)50(77)65-35(16-9-11-21-53)45(72)63-34(18-13-23-59-52(57)58)44(71)61-27-41(70)62-39(25-31-26-60-33-15-8-7-14-32(31)33)48(75)66-37(51(78)79)17-10-12-22-54/h7-8,14-15,26,28-30,34-39,42-43,60H,9-13,16-25,27,53-54,56H2,1-6H3,(H2,55,69)(H,61,71)(H,62,70)(H,63,72)(H,64,74)(H,65,77)(H,66,75)(H,67,76)(H,68,73)(H,78,79)(H4,57,58,59)/t34-,35-,36-,37-,38-,39-,42-,43-/m0/s1. The predicted octanol–water partition coefficient (Wildman–Crippen LogP) is -2.43. The molecule has 0 radical (unpaired) electrons. The number of carboxylic acid groups (broad SMARTS) is 1. The molecule has 0 saturated carbocycles. The number of hydrogen-bond donors (Lipinski definition) is 16. The molecule has 27 heteroatoms. The Morgan fingerprint density at radius 3 is 1.67 bits per heavy atom. The maximum absolute atomic E-state index is 14.2. The molecule has 0 bridgehead atoms. The Morgan fingerprint density at radius 1 is 0.582 bits per heavy atom. The van der Waals surface area contributed by atoms with Gasteiger partial charge in [0.25, 0.3) is 0 Å². The number of unbranched alkanes of at least 4 members (excludes halogenated alkanes) is 2. The molecule has 1 aromatic heterocycles. The van der Waals surface area contributed by atoms with Crippen LogP contribution in [0.1, 0.15) is 118 Å². The van der Waals surface area contributed by atoms with Crippen LogP contribution in [0.4, 0.5) is 0 Å². The van der Waals surface area contributed by atoms with Gasteiger partial charge in [-0.15, -0.1) is 0 Å². The topological polar surface area (TPSA) is 471 Å². The number of hydrogen-bond acceptors (Lipinski definition) is 14. The van der Waals surface area contributed by atoms with Crippen molar-refractivity contribution in [1.82, 2.24) is 47.5 Å². The maximum atomic E-state index is 14.2. The molecule has 22 N–H and O–H groups in total. The minimum Gasteiger partial charge on any atom is -0.480 e. The molecule has 0 aliphatic heterocycles. The van der Waals surface area contributed by atoms with Gasteiger partial charge in [0.2, 0.25) is 53.2 Å². The zero-order chi connectivity index (χ0) is 59.4. The highest BCUT2D eigenvalue weighted by Crippen LogP contribution is 2.20. The Balaban J connectivity index is 2.39. The van der Waals surface area contributed by atoms with Gasteiger partial charge in [-0.25, -0.2) is 4.79 Å². The summed E-state index contributed by atoms with van der Waals surface area (Å²) in [5, 5.41) is 31.5. The van der Waals surface area contributed by atoms with Gasteiger partial charge in [0.1, 0.15) is 42.3 Å². The number of amides is 9. The summed E-state index contributed by atoms with van der Waals surface area (Å²) in [6.07, 6.45) is 3.09. The van der Waals surface area contributed by atoms with Gasteiger partial charge in [0.15, 0.2) is 5.96 Å². The molecule has 9 amide bonds. The number of carbonyl (C=O) groups excluding carboxylic acids is 9. The highest BCUT2D eigenvalue weighted by molar-refractivity contribution is 5.98. The van der Waals surface area contributed by atoms with Crippen molar-refractivity contribution < 1.29 is 53.1 Å². The molecule has 0 fully saturated rings. The van der Waals surface area contributed by atoms with Crippen molar-refractivity contribution in [3.63, 3.8) is 0 Å². The van der Waals surface area contributed by atoms with E-state index in [4.69, 9.17) is 34.4 Å². The van der Waals surface area contributed by atoms with Gasteiger partial charge in [-0.05, 0) is 107 Å². The zero-order valence-corrected chi connectivity index (χ0v) is 46.5. The number of benzene rings is 1. The van der Waals surface area contributed by atoms with Crippen molar-refractivity contribution in [1.29, 1.82) is 0 Å². The van der Waals surface area contributed by atoms with E-state index in [2.05, 4.69) is 52.5 Å². The second kappa shape index (κ2) is 35.2. The Morgan fingerprint density at radius 2 is 1.10 bits per heavy atom. The number of nitrogens with one attached hydrogen (secondary N) is 9. The van der Waals surface area contributed by atoms with E-state index in [1.54, 1.807) is 40.0 Å². The number of aliphatic carboxylic acids is 1.